The molecule has 0 saturated heterocycles. The SMILES string of the molecule is NCc1cc(C(F)(F)F)cc(N)c1F. The minimum Gasteiger partial charge on any atom is -0.396 e. The first-order valence-corrected chi connectivity index (χ1v) is 3.71. The van der Waals surface area contributed by atoms with Gasteiger partial charge in [-0.15, -0.1) is 0 Å². The normalized spacial score (nSPS) is 11.8. The third-order valence-electron chi connectivity index (χ3n) is 1.72. The van der Waals surface area contributed by atoms with E-state index >= 15 is 0 Å². The molecule has 1 aromatic carbocycles. The maximum atomic E-state index is 13.0. The van der Waals surface area contributed by atoms with E-state index in [0.29, 0.717) is 12.1 Å². The van der Waals surface area contributed by atoms with Crippen molar-refractivity contribution in [3.63, 3.8) is 0 Å². The van der Waals surface area contributed by atoms with Crippen LogP contribution in [0.2, 0.25) is 0 Å². The molecule has 0 aliphatic heterocycles. The van der Waals surface area contributed by atoms with Gasteiger partial charge < -0.3 is 11.5 Å². The van der Waals surface area contributed by atoms with Crippen molar-refractivity contribution in [2.45, 2.75) is 12.7 Å². The topological polar surface area (TPSA) is 52.0 Å². The Morgan fingerprint density at radius 2 is 1.79 bits per heavy atom. The van der Waals surface area contributed by atoms with Gasteiger partial charge in [0.15, 0.2) is 5.82 Å². The van der Waals surface area contributed by atoms with Gasteiger partial charge in [-0.1, -0.05) is 0 Å². The summed E-state index contributed by atoms with van der Waals surface area (Å²) in [5.41, 5.74) is 8.36. The summed E-state index contributed by atoms with van der Waals surface area (Å²) in [4.78, 5) is 0. The molecule has 4 N–H and O–H groups in total. The van der Waals surface area contributed by atoms with E-state index in [1.54, 1.807) is 0 Å². The predicted octanol–water partition coefficient (Wildman–Crippen LogP) is 1.89. The Balaban J connectivity index is 3.30. The van der Waals surface area contributed by atoms with E-state index in [1.807, 2.05) is 0 Å². The number of nitrogen functional groups attached to an aromatic ring is 1. The van der Waals surface area contributed by atoms with Crippen LogP contribution in [-0.2, 0) is 12.7 Å². The molecule has 0 aromatic heterocycles. The Morgan fingerprint density at radius 1 is 1.21 bits per heavy atom. The third kappa shape index (κ3) is 1.95. The first-order valence-electron chi connectivity index (χ1n) is 3.71. The molecular weight excluding hydrogens is 200 g/mol. The van der Waals surface area contributed by atoms with Gasteiger partial charge in [-0.2, -0.15) is 13.2 Å². The standard InChI is InChI=1S/C8H8F4N2/c9-7-4(3-13)1-5(2-6(7)14)8(10,11)12/h1-2H,3,13-14H2. The molecule has 2 nitrogen and oxygen atoms in total. The van der Waals surface area contributed by atoms with Crippen LogP contribution in [0, 0.1) is 5.82 Å². The van der Waals surface area contributed by atoms with E-state index in [0.717, 1.165) is 0 Å². The average Bonchev–Trinajstić information content (AvgIpc) is 2.07. The fraction of sp³-hybridized carbons (Fsp3) is 0.250. The van der Waals surface area contributed by atoms with Gasteiger partial charge in [0, 0.05) is 12.1 Å². The molecule has 0 atom stereocenters. The van der Waals surface area contributed by atoms with Gasteiger partial charge in [0.25, 0.3) is 0 Å². The van der Waals surface area contributed by atoms with Gasteiger partial charge in [0.2, 0.25) is 0 Å². The van der Waals surface area contributed by atoms with Crippen LogP contribution in [0.1, 0.15) is 11.1 Å². The van der Waals surface area contributed by atoms with Gasteiger partial charge in [-0.25, -0.2) is 4.39 Å². The molecule has 0 fully saturated rings. The minimum absolute atomic E-state index is 0.239. The molecule has 0 bridgehead atoms. The van der Waals surface area contributed by atoms with Crippen molar-refractivity contribution in [3.05, 3.63) is 29.1 Å². The molecule has 0 radical (unpaired) electrons. The summed E-state index contributed by atoms with van der Waals surface area (Å²) in [6.45, 7) is -0.319. The lowest BCUT2D eigenvalue weighted by Crippen LogP contribution is -2.10. The van der Waals surface area contributed by atoms with E-state index in [1.165, 1.54) is 0 Å². The summed E-state index contributed by atoms with van der Waals surface area (Å²) in [6, 6.07) is 1.21. The Kier molecular flexibility index (Phi) is 2.66. The van der Waals surface area contributed by atoms with Gasteiger partial charge >= 0.3 is 6.18 Å². The highest BCUT2D eigenvalue weighted by Crippen LogP contribution is 2.32. The molecule has 0 heterocycles. The third-order valence-corrected chi connectivity index (χ3v) is 1.72. The number of halogens is 4. The second-order valence-corrected chi connectivity index (χ2v) is 2.74. The zero-order valence-corrected chi connectivity index (χ0v) is 7.03. The van der Waals surface area contributed by atoms with E-state index in [2.05, 4.69) is 0 Å². The Morgan fingerprint density at radius 3 is 2.21 bits per heavy atom. The zero-order valence-electron chi connectivity index (χ0n) is 7.03. The number of benzene rings is 1. The highest BCUT2D eigenvalue weighted by Gasteiger charge is 2.31. The van der Waals surface area contributed by atoms with Crippen molar-refractivity contribution < 1.29 is 17.6 Å². The number of hydrogen-bond donors (Lipinski definition) is 2. The largest absolute Gasteiger partial charge is 0.416 e. The van der Waals surface area contributed by atoms with Crippen molar-refractivity contribution >= 4 is 5.69 Å². The van der Waals surface area contributed by atoms with Crippen molar-refractivity contribution in [2.24, 2.45) is 5.73 Å². The molecule has 0 aliphatic carbocycles. The number of anilines is 1. The van der Waals surface area contributed by atoms with Crippen molar-refractivity contribution in [2.75, 3.05) is 5.73 Å². The molecular formula is C8H8F4N2. The summed E-state index contributed by atoms with van der Waals surface area (Å²) in [5, 5.41) is 0. The molecule has 14 heavy (non-hydrogen) atoms. The van der Waals surface area contributed by atoms with Crippen LogP contribution in [0.5, 0.6) is 0 Å². The van der Waals surface area contributed by atoms with Crippen LogP contribution >= 0.6 is 0 Å². The van der Waals surface area contributed by atoms with Crippen LogP contribution < -0.4 is 11.5 Å². The number of alkyl halides is 3. The molecule has 0 saturated carbocycles. The van der Waals surface area contributed by atoms with Crippen LogP contribution in [0.3, 0.4) is 0 Å². The number of nitrogens with two attached hydrogens (primary N) is 2. The Labute approximate surface area is 77.5 Å². The second-order valence-electron chi connectivity index (χ2n) is 2.74. The second kappa shape index (κ2) is 3.45. The molecule has 1 aromatic rings. The summed E-state index contributed by atoms with van der Waals surface area (Å²) in [7, 11) is 0. The highest BCUT2D eigenvalue weighted by atomic mass is 19.4. The summed E-state index contributed by atoms with van der Waals surface area (Å²) < 4.78 is 49.6. The molecule has 0 spiro atoms. The summed E-state index contributed by atoms with van der Waals surface area (Å²) >= 11 is 0. The maximum Gasteiger partial charge on any atom is 0.416 e. The number of rotatable bonds is 1. The first-order chi connectivity index (χ1) is 6.36. The average molecular weight is 208 g/mol. The van der Waals surface area contributed by atoms with E-state index in [4.69, 9.17) is 11.5 Å². The fourth-order valence-electron chi connectivity index (χ4n) is 1.02. The van der Waals surface area contributed by atoms with Gasteiger partial charge in [-0.05, 0) is 12.1 Å². The Bertz CT molecular complexity index is 346. The molecule has 78 valence electrons. The van der Waals surface area contributed by atoms with Gasteiger partial charge in [-0.3, -0.25) is 0 Å². The first kappa shape index (κ1) is 10.8. The molecule has 0 aliphatic rings. The molecule has 1 rings (SSSR count). The van der Waals surface area contributed by atoms with Crippen molar-refractivity contribution in [1.29, 1.82) is 0 Å². The van der Waals surface area contributed by atoms with Gasteiger partial charge in [0.05, 0.1) is 11.3 Å². The van der Waals surface area contributed by atoms with E-state index in [-0.39, 0.29) is 12.1 Å². The van der Waals surface area contributed by atoms with E-state index < -0.39 is 23.2 Å². The highest BCUT2D eigenvalue weighted by molar-refractivity contribution is 5.47. The lowest BCUT2D eigenvalue weighted by molar-refractivity contribution is -0.137. The lowest BCUT2D eigenvalue weighted by Gasteiger charge is -2.10. The molecule has 0 amide bonds. The minimum atomic E-state index is -4.54. The quantitative estimate of drug-likeness (QED) is 0.547. The van der Waals surface area contributed by atoms with Crippen LogP contribution in [-0.4, -0.2) is 0 Å². The van der Waals surface area contributed by atoms with Crippen LogP contribution in [0.25, 0.3) is 0 Å². The smallest absolute Gasteiger partial charge is 0.396 e. The van der Waals surface area contributed by atoms with Crippen LogP contribution in [0.4, 0.5) is 23.2 Å². The van der Waals surface area contributed by atoms with E-state index in [9.17, 15) is 17.6 Å². The summed E-state index contributed by atoms with van der Waals surface area (Å²) in [5.74, 6) is -0.888. The maximum absolute atomic E-state index is 13.0. The fourth-order valence-corrected chi connectivity index (χ4v) is 1.02. The van der Waals surface area contributed by atoms with Gasteiger partial charge in [0.1, 0.15) is 0 Å². The van der Waals surface area contributed by atoms with Crippen molar-refractivity contribution in [1.82, 2.24) is 0 Å². The zero-order chi connectivity index (χ0) is 10.9. The lowest BCUT2D eigenvalue weighted by atomic mass is 10.1. The number of hydrogen-bond acceptors (Lipinski definition) is 2. The molecule has 0 unspecified atom stereocenters. The Hall–Kier alpha value is -1.30. The van der Waals surface area contributed by atoms with Crippen molar-refractivity contribution in [3.8, 4) is 0 Å². The monoisotopic (exact) mass is 208 g/mol. The molecule has 6 heteroatoms. The summed E-state index contributed by atoms with van der Waals surface area (Å²) in [6.07, 6.45) is -4.54. The van der Waals surface area contributed by atoms with Crippen LogP contribution in [0.15, 0.2) is 12.1 Å². The predicted molar refractivity (Wildman–Crippen MR) is 43.7 cm³/mol.